The van der Waals surface area contributed by atoms with E-state index in [1.165, 1.54) is 0 Å². The van der Waals surface area contributed by atoms with Crippen molar-refractivity contribution >= 4 is 0 Å². The first-order chi connectivity index (χ1) is 9.20. The Balaban J connectivity index is 2.12. The van der Waals surface area contributed by atoms with Gasteiger partial charge in [-0.1, -0.05) is 18.2 Å². The molecule has 19 heavy (non-hydrogen) atoms. The van der Waals surface area contributed by atoms with Gasteiger partial charge in [-0.15, -0.1) is 0 Å². The third kappa shape index (κ3) is 3.42. The molecule has 2 rings (SSSR count). The highest BCUT2D eigenvalue weighted by Crippen LogP contribution is 2.10. The van der Waals surface area contributed by atoms with E-state index in [0.717, 1.165) is 5.75 Å². The molecule has 0 fully saturated rings. The van der Waals surface area contributed by atoms with Crippen LogP contribution in [0.4, 0.5) is 0 Å². The number of rotatable bonds is 5. The molecule has 0 aliphatic carbocycles. The number of para-hydroxylation sites is 1. The molecule has 0 radical (unpaired) electrons. The zero-order valence-corrected chi connectivity index (χ0v) is 10.7. The quantitative estimate of drug-likeness (QED) is 0.846. The number of aliphatic hydroxyl groups is 1. The minimum Gasteiger partial charge on any atom is -0.486 e. The van der Waals surface area contributed by atoms with E-state index < -0.39 is 0 Å². The number of ether oxygens (including phenoxy) is 1. The van der Waals surface area contributed by atoms with E-state index in [1.54, 1.807) is 6.92 Å². The van der Waals surface area contributed by atoms with E-state index in [4.69, 9.17) is 9.84 Å². The van der Waals surface area contributed by atoms with Gasteiger partial charge in [0, 0.05) is 24.3 Å². The number of hydrogen-bond donors (Lipinski definition) is 2. The average molecular weight is 260 g/mol. The lowest BCUT2D eigenvalue weighted by molar-refractivity contribution is 0.292. The lowest BCUT2D eigenvalue weighted by atomic mass is 10.2. The second-order valence-electron chi connectivity index (χ2n) is 4.15. The molecule has 0 spiro atoms. The maximum absolute atomic E-state index is 11.8. The van der Waals surface area contributed by atoms with E-state index in [9.17, 15) is 4.79 Å². The molecular weight excluding hydrogens is 244 g/mol. The van der Waals surface area contributed by atoms with Crippen molar-refractivity contribution in [1.29, 1.82) is 0 Å². The van der Waals surface area contributed by atoms with Crippen LogP contribution in [0, 0.1) is 6.92 Å². The normalized spacial score (nSPS) is 10.4. The number of aliphatic hydroxyl groups excluding tert-OH is 1. The Morgan fingerprint density at radius 2 is 2.05 bits per heavy atom. The summed E-state index contributed by atoms with van der Waals surface area (Å²) in [5, 5.41) is 8.88. The Morgan fingerprint density at radius 1 is 1.32 bits per heavy atom. The van der Waals surface area contributed by atoms with E-state index in [-0.39, 0.29) is 18.8 Å². The number of aromatic nitrogens is 2. The number of benzene rings is 1. The van der Waals surface area contributed by atoms with E-state index >= 15 is 0 Å². The molecular formula is C14H16N2O3. The predicted molar refractivity (Wildman–Crippen MR) is 71.2 cm³/mol. The first-order valence-corrected chi connectivity index (χ1v) is 6.08. The molecule has 0 saturated carbocycles. The van der Waals surface area contributed by atoms with Crippen molar-refractivity contribution in [2.75, 3.05) is 6.61 Å². The lowest BCUT2D eigenvalue weighted by Gasteiger charge is -2.08. The predicted octanol–water partition coefficient (Wildman–Crippen LogP) is 1.19. The fourth-order valence-electron chi connectivity index (χ4n) is 1.81. The van der Waals surface area contributed by atoms with Crippen molar-refractivity contribution in [2.45, 2.75) is 20.0 Å². The molecule has 0 aliphatic rings. The molecule has 1 aromatic heterocycles. The topological polar surface area (TPSA) is 75.2 Å². The van der Waals surface area contributed by atoms with Gasteiger partial charge in [0.1, 0.15) is 18.2 Å². The smallest absolute Gasteiger partial charge is 0.254 e. The zero-order chi connectivity index (χ0) is 13.7. The molecule has 1 heterocycles. The lowest BCUT2D eigenvalue weighted by Crippen LogP contribution is -2.20. The van der Waals surface area contributed by atoms with Crippen LogP contribution in [-0.2, 0) is 13.0 Å². The van der Waals surface area contributed by atoms with Gasteiger partial charge in [0.05, 0.1) is 0 Å². The Morgan fingerprint density at radius 3 is 2.68 bits per heavy atom. The van der Waals surface area contributed by atoms with Crippen LogP contribution in [0.25, 0.3) is 0 Å². The molecule has 2 aromatic rings. The van der Waals surface area contributed by atoms with Crippen LogP contribution < -0.4 is 10.3 Å². The number of H-pyrrole nitrogens is 1. The fraction of sp³-hybridized carbons (Fsp3) is 0.286. The van der Waals surface area contributed by atoms with Crippen LogP contribution in [-0.4, -0.2) is 21.7 Å². The van der Waals surface area contributed by atoms with Crippen molar-refractivity contribution in [1.82, 2.24) is 9.97 Å². The molecule has 5 nitrogen and oxygen atoms in total. The molecule has 0 unspecified atom stereocenters. The highest BCUT2D eigenvalue weighted by molar-refractivity contribution is 5.21. The second-order valence-corrected chi connectivity index (χ2v) is 4.15. The maximum atomic E-state index is 11.8. The van der Waals surface area contributed by atoms with Crippen LogP contribution >= 0.6 is 0 Å². The fourth-order valence-corrected chi connectivity index (χ4v) is 1.81. The van der Waals surface area contributed by atoms with Crippen LogP contribution in [0.2, 0.25) is 0 Å². The van der Waals surface area contributed by atoms with Gasteiger partial charge < -0.3 is 14.8 Å². The van der Waals surface area contributed by atoms with E-state index in [0.29, 0.717) is 23.5 Å². The van der Waals surface area contributed by atoms with Gasteiger partial charge >= 0.3 is 0 Å². The molecule has 0 saturated heterocycles. The molecule has 1 aromatic carbocycles. The molecule has 0 aliphatic heterocycles. The molecule has 100 valence electrons. The minimum absolute atomic E-state index is 0.0640. The Hall–Kier alpha value is -2.14. The maximum Gasteiger partial charge on any atom is 0.254 e. The van der Waals surface area contributed by atoms with E-state index in [2.05, 4.69) is 9.97 Å². The average Bonchev–Trinajstić information content (AvgIpc) is 2.42. The summed E-state index contributed by atoms with van der Waals surface area (Å²) in [7, 11) is 0. The molecule has 0 atom stereocenters. The second kappa shape index (κ2) is 6.15. The Bertz CT molecular complexity index is 593. The van der Waals surface area contributed by atoms with Crippen LogP contribution in [0.3, 0.4) is 0 Å². The number of hydrogen-bond acceptors (Lipinski definition) is 4. The first-order valence-electron chi connectivity index (χ1n) is 6.08. The van der Waals surface area contributed by atoms with Crippen LogP contribution in [0.5, 0.6) is 5.75 Å². The van der Waals surface area contributed by atoms with E-state index in [1.807, 2.05) is 30.3 Å². The number of aryl methyl sites for hydroxylation is 1. The van der Waals surface area contributed by atoms with Gasteiger partial charge in [0.15, 0.2) is 0 Å². The SMILES string of the molecule is Cc1nc(COc2ccccc2)[nH]c(=O)c1CCO. The highest BCUT2D eigenvalue weighted by atomic mass is 16.5. The standard InChI is InChI=1S/C14H16N2O3/c1-10-12(7-8-17)14(18)16-13(15-10)9-19-11-5-3-2-4-6-11/h2-6,17H,7-9H2,1H3,(H,15,16,18). The van der Waals surface area contributed by atoms with Gasteiger partial charge in [-0.05, 0) is 19.1 Å². The minimum atomic E-state index is -0.215. The molecule has 0 bridgehead atoms. The van der Waals surface area contributed by atoms with Crippen molar-refractivity contribution in [2.24, 2.45) is 0 Å². The van der Waals surface area contributed by atoms with Gasteiger partial charge in [0.25, 0.3) is 5.56 Å². The largest absolute Gasteiger partial charge is 0.486 e. The Kier molecular flexibility index (Phi) is 4.30. The van der Waals surface area contributed by atoms with Crippen molar-refractivity contribution in [3.63, 3.8) is 0 Å². The summed E-state index contributed by atoms with van der Waals surface area (Å²) in [6, 6.07) is 9.33. The molecule has 2 N–H and O–H groups in total. The number of aromatic amines is 1. The summed E-state index contributed by atoms with van der Waals surface area (Å²) in [6.45, 7) is 1.90. The van der Waals surface area contributed by atoms with Gasteiger partial charge in [-0.3, -0.25) is 4.79 Å². The highest BCUT2D eigenvalue weighted by Gasteiger charge is 2.07. The van der Waals surface area contributed by atoms with Crippen molar-refractivity contribution in [3.8, 4) is 5.75 Å². The summed E-state index contributed by atoms with van der Waals surface area (Å²) in [5.41, 5.74) is 0.934. The number of nitrogens with zero attached hydrogens (tertiary/aromatic N) is 1. The van der Waals surface area contributed by atoms with Crippen LogP contribution in [0.1, 0.15) is 17.1 Å². The summed E-state index contributed by atoms with van der Waals surface area (Å²) in [6.07, 6.45) is 0.313. The monoisotopic (exact) mass is 260 g/mol. The number of nitrogens with one attached hydrogen (secondary N) is 1. The summed E-state index contributed by atoms with van der Waals surface area (Å²) in [5.74, 6) is 1.20. The van der Waals surface area contributed by atoms with Crippen molar-refractivity contribution < 1.29 is 9.84 Å². The van der Waals surface area contributed by atoms with Crippen LogP contribution in [0.15, 0.2) is 35.1 Å². The van der Waals surface area contributed by atoms with Crippen molar-refractivity contribution in [3.05, 3.63) is 57.8 Å². The summed E-state index contributed by atoms with van der Waals surface area (Å²) < 4.78 is 5.52. The van der Waals surface area contributed by atoms with Gasteiger partial charge in [0.2, 0.25) is 0 Å². The summed E-state index contributed by atoms with van der Waals surface area (Å²) >= 11 is 0. The van der Waals surface area contributed by atoms with Gasteiger partial charge in [-0.2, -0.15) is 0 Å². The molecule has 0 amide bonds. The first kappa shape index (κ1) is 13.3. The Labute approximate surface area is 110 Å². The summed E-state index contributed by atoms with van der Waals surface area (Å²) in [4.78, 5) is 18.7. The third-order valence-electron chi connectivity index (χ3n) is 2.75. The zero-order valence-electron chi connectivity index (χ0n) is 10.7. The molecule has 5 heteroatoms. The third-order valence-corrected chi connectivity index (χ3v) is 2.75. The van der Waals surface area contributed by atoms with Gasteiger partial charge in [-0.25, -0.2) is 4.98 Å².